The maximum absolute atomic E-state index is 6.12. The molecule has 140 valence electrons. The number of ether oxygens (including phenoxy) is 1. The first-order valence-corrected chi connectivity index (χ1v) is 8.84. The van der Waals surface area contributed by atoms with Crippen LogP contribution in [-0.4, -0.2) is 18.0 Å². The molecule has 0 spiro atoms. The van der Waals surface area contributed by atoms with Gasteiger partial charge in [0.05, 0.1) is 11.3 Å². The van der Waals surface area contributed by atoms with E-state index in [-0.39, 0.29) is 0 Å². The van der Waals surface area contributed by atoms with E-state index in [2.05, 4.69) is 35.4 Å². The second-order valence-electron chi connectivity index (χ2n) is 6.54. The third-order valence-corrected chi connectivity index (χ3v) is 4.45. The molecule has 0 saturated carbocycles. The minimum absolute atomic E-state index is 0.423. The van der Waals surface area contributed by atoms with E-state index in [1.54, 1.807) is 0 Å². The quantitative estimate of drug-likeness (QED) is 0.462. The second-order valence-corrected chi connectivity index (χ2v) is 6.54. The summed E-state index contributed by atoms with van der Waals surface area (Å²) in [7, 11) is 1.54. The van der Waals surface area contributed by atoms with Gasteiger partial charge in [0.15, 0.2) is 0 Å². The van der Waals surface area contributed by atoms with Crippen molar-refractivity contribution >= 4 is 5.71 Å². The zero-order valence-corrected chi connectivity index (χ0v) is 16.4. The van der Waals surface area contributed by atoms with E-state index in [9.17, 15) is 0 Å². The summed E-state index contributed by atoms with van der Waals surface area (Å²) >= 11 is 0. The van der Waals surface area contributed by atoms with Crippen LogP contribution in [0.25, 0.3) is 0 Å². The molecule has 0 fully saturated rings. The fourth-order valence-electron chi connectivity index (χ4n) is 3.04. The van der Waals surface area contributed by atoms with Crippen LogP contribution in [0.15, 0.2) is 52.1 Å². The lowest BCUT2D eigenvalue weighted by Crippen LogP contribution is -2.11. The number of aryl methyl sites for hydroxylation is 4. The maximum Gasteiger partial charge on any atom is 0.143 e. The van der Waals surface area contributed by atoms with Crippen molar-refractivity contribution in [2.75, 3.05) is 7.11 Å². The summed E-state index contributed by atoms with van der Waals surface area (Å²) in [5, 5.41) is 8.31. The van der Waals surface area contributed by atoms with Gasteiger partial charge >= 0.3 is 0 Å². The molecule has 0 atom stereocenters. The summed E-state index contributed by atoms with van der Waals surface area (Å²) in [5.41, 5.74) is 6.52. The van der Waals surface area contributed by atoms with Gasteiger partial charge < -0.3 is 14.1 Å². The summed E-state index contributed by atoms with van der Waals surface area (Å²) in [5.74, 6) is 1.58. The van der Waals surface area contributed by atoms with Crippen molar-refractivity contribution in [2.24, 2.45) is 5.16 Å². The highest BCUT2D eigenvalue weighted by atomic mass is 16.6. The van der Waals surface area contributed by atoms with Crippen LogP contribution in [0.3, 0.4) is 0 Å². The number of hydrogen-bond donors (Lipinski definition) is 0. The van der Waals surface area contributed by atoms with Crippen molar-refractivity contribution in [1.82, 2.24) is 5.16 Å². The van der Waals surface area contributed by atoms with Crippen molar-refractivity contribution in [3.63, 3.8) is 0 Å². The molecule has 0 N–H and O–H groups in total. The maximum atomic E-state index is 6.12. The molecule has 0 aliphatic carbocycles. The number of benzene rings is 2. The summed E-state index contributed by atoms with van der Waals surface area (Å²) < 4.78 is 11.4. The lowest BCUT2D eigenvalue weighted by molar-refractivity contribution is 0.213. The van der Waals surface area contributed by atoms with E-state index >= 15 is 0 Å². The molecule has 1 aromatic heterocycles. The Labute approximate surface area is 159 Å². The molecule has 0 saturated heterocycles. The topological polar surface area (TPSA) is 56.9 Å². The Morgan fingerprint density at radius 2 is 1.85 bits per heavy atom. The highest BCUT2D eigenvalue weighted by molar-refractivity contribution is 6.14. The minimum atomic E-state index is 0.423. The van der Waals surface area contributed by atoms with Gasteiger partial charge in [-0.2, -0.15) is 0 Å². The normalized spacial score (nSPS) is 11.5. The van der Waals surface area contributed by atoms with E-state index in [1.807, 2.05) is 45.0 Å². The number of nitrogens with zero attached hydrogens (tertiary/aromatic N) is 2. The van der Waals surface area contributed by atoms with E-state index in [4.69, 9.17) is 14.1 Å². The zero-order chi connectivity index (χ0) is 19.4. The van der Waals surface area contributed by atoms with Crippen LogP contribution in [-0.2, 0) is 11.4 Å². The average molecular weight is 364 g/mol. The number of hydrogen-bond acceptors (Lipinski definition) is 5. The number of rotatable bonds is 6. The molecule has 0 unspecified atom stereocenters. The van der Waals surface area contributed by atoms with E-state index in [1.165, 1.54) is 12.7 Å². The van der Waals surface area contributed by atoms with Crippen molar-refractivity contribution in [3.05, 3.63) is 81.7 Å². The smallest absolute Gasteiger partial charge is 0.143 e. The SMILES string of the molecule is CO/N=C(\c1ccccc1COc1cc(C)ccc1C)c1c(C)noc1C. The molecule has 27 heavy (non-hydrogen) atoms. The molecule has 0 bridgehead atoms. The first-order chi connectivity index (χ1) is 13.0. The van der Waals surface area contributed by atoms with Crippen LogP contribution >= 0.6 is 0 Å². The van der Waals surface area contributed by atoms with Crippen LogP contribution in [0.2, 0.25) is 0 Å². The van der Waals surface area contributed by atoms with Crippen LogP contribution in [0.4, 0.5) is 0 Å². The lowest BCUT2D eigenvalue weighted by Gasteiger charge is -2.14. The summed E-state index contributed by atoms with van der Waals surface area (Å²) in [4.78, 5) is 5.12. The van der Waals surface area contributed by atoms with Gasteiger partial charge in [0, 0.05) is 5.56 Å². The van der Waals surface area contributed by atoms with Crippen molar-refractivity contribution in [2.45, 2.75) is 34.3 Å². The number of oxime groups is 1. The molecule has 5 nitrogen and oxygen atoms in total. The molecule has 3 aromatic rings. The van der Waals surface area contributed by atoms with Crippen molar-refractivity contribution < 1.29 is 14.1 Å². The lowest BCUT2D eigenvalue weighted by atomic mass is 9.97. The van der Waals surface area contributed by atoms with Crippen LogP contribution in [0.1, 0.15) is 39.3 Å². The summed E-state index contributed by atoms with van der Waals surface area (Å²) in [6, 6.07) is 14.2. The third kappa shape index (κ3) is 4.03. The van der Waals surface area contributed by atoms with Gasteiger partial charge in [0.1, 0.15) is 30.9 Å². The van der Waals surface area contributed by atoms with E-state index in [0.717, 1.165) is 33.7 Å². The zero-order valence-electron chi connectivity index (χ0n) is 16.4. The van der Waals surface area contributed by atoms with Crippen LogP contribution < -0.4 is 4.74 Å². The van der Waals surface area contributed by atoms with Gasteiger partial charge in [-0.25, -0.2) is 0 Å². The molecule has 1 heterocycles. The van der Waals surface area contributed by atoms with Gasteiger partial charge in [-0.15, -0.1) is 0 Å². The fourth-order valence-corrected chi connectivity index (χ4v) is 3.04. The van der Waals surface area contributed by atoms with E-state index in [0.29, 0.717) is 18.1 Å². The summed E-state index contributed by atoms with van der Waals surface area (Å²) in [6.45, 7) is 8.29. The Bertz CT molecular complexity index is 954. The third-order valence-electron chi connectivity index (χ3n) is 4.45. The Balaban J connectivity index is 1.97. The largest absolute Gasteiger partial charge is 0.489 e. The number of aromatic nitrogens is 1. The predicted molar refractivity (Wildman–Crippen MR) is 105 cm³/mol. The molecular formula is C22H24N2O3. The van der Waals surface area contributed by atoms with E-state index < -0.39 is 0 Å². The molecular weight excluding hydrogens is 340 g/mol. The molecule has 2 aromatic carbocycles. The van der Waals surface area contributed by atoms with Gasteiger partial charge in [0.25, 0.3) is 0 Å². The van der Waals surface area contributed by atoms with Crippen molar-refractivity contribution in [3.8, 4) is 5.75 Å². The Kier molecular flexibility index (Phi) is 5.60. The first-order valence-electron chi connectivity index (χ1n) is 8.84. The highest BCUT2D eigenvalue weighted by Gasteiger charge is 2.21. The molecule has 0 aliphatic rings. The molecule has 5 heteroatoms. The van der Waals surface area contributed by atoms with Gasteiger partial charge in [-0.1, -0.05) is 46.7 Å². The Morgan fingerprint density at radius 1 is 1.07 bits per heavy atom. The fraction of sp³-hybridized carbons (Fsp3) is 0.273. The predicted octanol–water partition coefficient (Wildman–Crippen LogP) is 4.89. The molecule has 0 amide bonds. The summed E-state index contributed by atoms with van der Waals surface area (Å²) in [6.07, 6.45) is 0. The first kappa shape index (κ1) is 18.7. The van der Waals surface area contributed by atoms with Crippen LogP contribution in [0.5, 0.6) is 5.75 Å². The Morgan fingerprint density at radius 3 is 2.56 bits per heavy atom. The monoisotopic (exact) mass is 364 g/mol. The van der Waals surface area contributed by atoms with Gasteiger partial charge in [-0.3, -0.25) is 0 Å². The Hall–Kier alpha value is -3.08. The highest BCUT2D eigenvalue weighted by Crippen LogP contribution is 2.24. The standard InChI is InChI=1S/C22H24N2O3/c1-14-10-11-15(2)20(12-14)26-13-18-8-6-7-9-19(18)22(24-25-5)21-16(3)23-27-17(21)4/h6-12H,13H2,1-5H3/b24-22+. The molecule has 0 aliphatic heterocycles. The molecule has 0 radical (unpaired) electrons. The second kappa shape index (κ2) is 8.08. The van der Waals surface area contributed by atoms with Crippen molar-refractivity contribution in [1.29, 1.82) is 0 Å². The average Bonchev–Trinajstić information content (AvgIpc) is 2.99. The van der Waals surface area contributed by atoms with Crippen LogP contribution in [0, 0.1) is 27.7 Å². The molecule has 3 rings (SSSR count). The minimum Gasteiger partial charge on any atom is -0.489 e. The van der Waals surface area contributed by atoms with Gasteiger partial charge in [0.2, 0.25) is 0 Å². The van der Waals surface area contributed by atoms with Gasteiger partial charge in [-0.05, 0) is 50.5 Å².